The maximum Gasteiger partial charge on any atom is 0.243 e. The molecule has 0 aliphatic heterocycles. The molecule has 8 heteroatoms. The average Bonchev–Trinajstić information content (AvgIpc) is 2.69. The summed E-state index contributed by atoms with van der Waals surface area (Å²) in [5.41, 5.74) is -0.0758. The first-order valence-electron chi connectivity index (χ1n) is 10.1. The Labute approximate surface area is 174 Å². The van der Waals surface area contributed by atoms with Crippen LogP contribution in [0.2, 0.25) is 0 Å². The number of benzene rings is 1. The average molecular weight is 427 g/mol. The third-order valence-corrected chi connectivity index (χ3v) is 6.95. The van der Waals surface area contributed by atoms with Crippen molar-refractivity contribution in [1.29, 1.82) is 0 Å². The quantitative estimate of drug-likeness (QED) is 0.690. The van der Waals surface area contributed by atoms with Gasteiger partial charge in [-0.25, -0.2) is 8.42 Å². The van der Waals surface area contributed by atoms with E-state index in [1.165, 1.54) is 30.7 Å². The Morgan fingerprint density at radius 2 is 1.72 bits per heavy atom. The van der Waals surface area contributed by atoms with E-state index in [1.54, 1.807) is 6.07 Å². The number of nitrogens with one attached hydrogen (secondary N) is 1. The highest BCUT2D eigenvalue weighted by Crippen LogP contribution is 2.33. The van der Waals surface area contributed by atoms with E-state index >= 15 is 0 Å². The van der Waals surface area contributed by atoms with E-state index in [9.17, 15) is 13.2 Å². The lowest BCUT2D eigenvalue weighted by Gasteiger charge is -2.33. The summed E-state index contributed by atoms with van der Waals surface area (Å²) in [7, 11) is -0.905. The molecule has 1 aliphatic rings. The number of ether oxygens (including phenoxy) is 2. The Morgan fingerprint density at radius 1 is 1.10 bits per heavy atom. The van der Waals surface area contributed by atoms with Crippen molar-refractivity contribution in [2.45, 2.75) is 63.8 Å². The summed E-state index contributed by atoms with van der Waals surface area (Å²) in [5.74, 6) is 0.516. The lowest BCUT2D eigenvalue weighted by molar-refractivity contribution is -0.122. The van der Waals surface area contributed by atoms with Crippen molar-refractivity contribution in [3.8, 4) is 11.5 Å². The number of methoxy groups -OCH3 is 2. The molecule has 0 heterocycles. The molecule has 1 amide bonds. The zero-order chi connectivity index (χ0) is 21.7. The van der Waals surface area contributed by atoms with Crippen LogP contribution in [0.1, 0.15) is 52.9 Å². The number of carbonyl (C=O) groups is 1. The van der Waals surface area contributed by atoms with Gasteiger partial charge in [0.2, 0.25) is 15.9 Å². The smallest absolute Gasteiger partial charge is 0.243 e. The summed E-state index contributed by atoms with van der Waals surface area (Å²) in [4.78, 5) is 12.7. The number of carbonyl (C=O) groups excluding carboxylic acids is 1. The highest BCUT2D eigenvalue weighted by molar-refractivity contribution is 7.89. The fourth-order valence-corrected chi connectivity index (χ4v) is 5.11. The summed E-state index contributed by atoms with van der Waals surface area (Å²) in [6.45, 7) is 6.36. The molecule has 1 N–H and O–H groups in total. The third-order valence-electron chi connectivity index (χ3n) is 5.06. The Morgan fingerprint density at radius 3 is 2.28 bits per heavy atom. The predicted octanol–water partition coefficient (Wildman–Crippen LogP) is 3.19. The summed E-state index contributed by atoms with van der Waals surface area (Å²) in [5, 5.41) is 2.87. The second-order valence-corrected chi connectivity index (χ2v) is 10.6. The summed E-state index contributed by atoms with van der Waals surface area (Å²) in [6.07, 6.45) is 4.55. The van der Waals surface area contributed by atoms with Crippen molar-refractivity contribution in [1.82, 2.24) is 9.62 Å². The Bertz CT molecular complexity index is 796. The van der Waals surface area contributed by atoms with Crippen LogP contribution < -0.4 is 14.8 Å². The van der Waals surface area contributed by atoms with Crippen molar-refractivity contribution in [3.63, 3.8) is 0 Å². The highest BCUT2D eigenvalue weighted by atomic mass is 32.2. The molecular weight excluding hydrogens is 392 g/mol. The van der Waals surface area contributed by atoms with Gasteiger partial charge >= 0.3 is 0 Å². The molecular formula is C21H34N2O5S. The van der Waals surface area contributed by atoms with Crippen molar-refractivity contribution < 1.29 is 22.7 Å². The molecule has 1 aromatic carbocycles. The first kappa shape index (κ1) is 23.5. The number of nitrogens with zero attached hydrogens (tertiary/aromatic N) is 1. The first-order valence-corrected chi connectivity index (χ1v) is 11.5. The molecule has 164 valence electrons. The zero-order valence-corrected chi connectivity index (χ0v) is 19.0. The van der Waals surface area contributed by atoms with Gasteiger partial charge in [0.05, 0.1) is 25.7 Å². The van der Waals surface area contributed by atoms with Gasteiger partial charge < -0.3 is 14.8 Å². The van der Waals surface area contributed by atoms with Gasteiger partial charge in [0, 0.05) is 18.7 Å². The van der Waals surface area contributed by atoms with Gasteiger partial charge in [0.1, 0.15) is 0 Å². The van der Waals surface area contributed by atoms with Crippen LogP contribution in [0.3, 0.4) is 0 Å². The fraction of sp³-hybridized carbons (Fsp3) is 0.667. The molecule has 0 bridgehead atoms. The van der Waals surface area contributed by atoms with E-state index in [0.717, 1.165) is 32.1 Å². The van der Waals surface area contributed by atoms with Crippen molar-refractivity contribution in [3.05, 3.63) is 18.2 Å². The van der Waals surface area contributed by atoms with E-state index in [1.807, 2.05) is 20.8 Å². The van der Waals surface area contributed by atoms with Gasteiger partial charge in [0.15, 0.2) is 11.5 Å². The van der Waals surface area contributed by atoms with Crippen molar-refractivity contribution in [2.24, 2.45) is 5.41 Å². The number of hydrogen-bond donors (Lipinski definition) is 1. The van der Waals surface area contributed by atoms with Gasteiger partial charge in [-0.3, -0.25) is 4.79 Å². The maximum absolute atomic E-state index is 13.5. The normalized spacial score (nSPS) is 15.9. The van der Waals surface area contributed by atoms with E-state index < -0.39 is 10.0 Å². The molecule has 1 fully saturated rings. The van der Waals surface area contributed by atoms with Crippen LogP contribution in [0, 0.1) is 5.41 Å². The fourth-order valence-electron chi connectivity index (χ4n) is 3.45. The number of rotatable bonds is 8. The van der Waals surface area contributed by atoms with Gasteiger partial charge in [-0.05, 0) is 30.4 Å². The molecule has 7 nitrogen and oxygen atoms in total. The minimum absolute atomic E-state index is 0.0758. The van der Waals surface area contributed by atoms with Crippen LogP contribution in [0.25, 0.3) is 0 Å². The zero-order valence-electron chi connectivity index (χ0n) is 18.2. The maximum atomic E-state index is 13.5. The standard InChI is InChI=1S/C21H34N2O5S/c1-21(2,3)15-22-20(24)14-23(16-9-7-6-8-10-16)29(25,26)17-11-12-18(27-4)19(13-17)28-5/h11-13,16H,6-10,14-15H2,1-5H3,(H,22,24). The molecule has 29 heavy (non-hydrogen) atoms. The number of amides is 1. The number of sulfonamides is 1. The molecule has 0 spiro atoms. The van der Waals surface area contributed by atoms with Crippen LogP contribution in [0.4, 0.5) is 0 Å². The van der Waals surface area contributed by atoms with E-state index in [-0.39, 0.29) is 28.8 Å². The van der Waals surface area contributed by atoms with E-state index in [2.05, 4.69) is 5.32 Å². The lowest BCUT2D eigenvalue weighted by atomic mass is 9.95. The lowest BCUT2D eigenvalue weighted by Crippen LogP contribution is -2.48. The summed E-state index contributed by atoms with van der Waals surface area (Å²) in [6, 6.07) is 4.35. The third kappa shape index (κ3) is 6.34. The topological polar surface area (TPSA) is 84.9 Å². The predicted molar refractivity (Wildman–Crippen MR) is 113 cm³/mol. The molecule has 1 aromatic rings. The van der Waals surface area contributed by atoms with Crippen molar-refractivity contribution in [2.75, 3.05) is 27.3 Å². The molecule has 0 unspecified atom stereocenters. The van der Waals surface area contributed by atoms with Gasteiger partial charge in [-0.15, -0.1) is 0 Å². The van der Waals surface area contributed by atoms with Crippen LogP contribution >= 0.6 is 0 Å². The van der Waals surface area contributed by atoms with Crippen LogP contribution in [0.5, 0.6) is 11.5 Å². The summed E-state index contributed by atoms with van der Waals surface area (Å²) >= 11 is 0. The first-order chi connectivity index (χ1) is 13.6. The molecule has 1 saturated carbocycles. The van der Waals surface area contributed by atoms with Gasteiger partial charge in [-0.2, -0.15) is 4.31 Å². The Hall–Kier alpha value is -1.80. The molecule has 0 saturated heterocycles. The van der Waals surface area contributed by atoms with Gasteiger partial charge in [0.25, 0.3) is 0 Å². The Balaban J connectivity index is 2.32. The van der Waals surface area contributed by atoms with Gasteiger partial charge in [-0.1, -0.05) is 40.0 Å². The second kappa shape index (κ2) is 9.80. The molecule has 0 radical (unpaired) electrons. The Kier molecular flexibility index (Phi) is 7.94. The minimum atomic E-state index is -3.87. The second-order valence-electron chi connectivity index (χ2n) is 8.70. The minimum Gasteiger partial charge on any atom is -0.493 e. The van der Waals surface area contributed by atoms with E-state index in [4.69, 9.17) is 9.47 Å². The largest absolute Gasteiger partial charge is 0.493 e. The van der Waals surface area contributed by atoms with Crippen LogP contribution in [-0.2, 0) is 14.8 Å². The molecule has 0 atom stereocenters. The molecule has 1 aliphatic carbocycles. The van der Waals surface area contributed by atoms with E-state index in [0.29, 0.717) is 18.0 Å². The molecule has 0 aromatic heterocycles. The summed E-state index contributed by atoms with van der Waals surface area (Å²) < 4.78 is 38.8. The van der Waals surface area contributed by atoms with Crippen LogP contribution in [0.15, 0.2) is 23.1 Å². The monoisotopic (exact) mass is 426 g/mol. The SMILES string of the molecule is COc1ccc(S(=O)(=O)N(CC(=O)NCC(C)(C)C)C2CCCCC2)cc1OC. The number of hydrogen-bond acceptors (Lipinski definition) is 5. The molecule has 2 rings (SSSR count). The van der Waals surface area contributed by atoms with Crippen molar-refractivity contribution >= 4 is 15.9 Å². The highest BCUT2D eigenvalue weighted by Gasteiger charge is 2.34. The van der Waals surface area contributed by atoms with Crippen LogP contribution in [-0.4, -0.2) is 52.0 Å².